The zero-order chi connectivity index (χ0) is 15.7. The molecule has 0 fully saturated rings. The highest BCUT2D eigenvalue weighted by Gasteiger charge is 2.15. The van der Waals surface area contributed by atoms with E-state index in [-0.39, 0.29) is 12.6 Å². The number of hydrogen-bond acceptors (Lipinski definition) is 6. The van der Waals surface area contributed by atoms with Crippen LogP contribution in [0.3, 0.4) is 0 Å². The number of nitrogens with one attached hydrogen (secondary N) is 1. The van der Waals surface area contributed by atoms with Crippen LogP contribution in [0, 0.1) is 0 Å². The maximum Gasteiger partial charge on any atom is 0.203 e. The monoisotopic (exact) mass is 299 g/mol. The molecule has 0 saturated carbocycles. The minimum atomic E-state index is 0.0441. The Morgan fingerprint density at radius 1 is 1.05 bits per heavy atom. The van der Waals surface area contributed by atoms with Crippen molar-refractivity contribution in [3.05, 3.63) is 17.7 Å². The molecule has 0 heterocycles. The fourth-order valence-electron chi connectivity index (χ4n) is 1.98. The third-order valence-corrected chi connectivity index (χ3v) is 3.12. The summed E-state index contributed by atoms with van der Waals surface area (Å²) in [4.78, 5) is 0. The Morgan fingerprint density at radius 3 is 2.14 bits per heavy atom. The van der Waals surface area contributed by atoms with Crippen molar-refractivity contribution in [1.82, 2.24) is 5.32 Å². The van der Waals surface area contributed by atoms with Gasteiger partial charge in [-0.15, -0.1) is 0 Å². The van der Waals surface area contributed by atoms with Gasteiger partial charge in [0.2, 0.25) is 5.75 Å². The van der Waals surface area contributed by atoms with Crippen molar-refractivity contribution in [3.63, 3.8) is 0 Å². The van der Waals surface area contributed by atoms with Crippen molar-refractivity contribution < 1.29 is 24.1 Å². The number of methoxy groups -OCH3 is 3. The first-order chi connectivity index (χ1) is 10.2. The molecule has 0 aromatic heterocycles. The number of rotatable bonds is 10. The van der Waals surface area contributed by atoms with Crippen molar-refractivity contribution in [2.45, 2.75) is 13.0 Å². The van der Waals surface area contributed by atoms with E-state index in [0.717, 1.165) is 5.56 Å². The second-order valence-electron chi connectivity index (χ2n) is 4.47. The summed E-state index contributed by atoms with van der Waals surface area (Å²) < 4.78 is 21.2. The maximum atomic E-state index is 8.63. The van der Waals surface area contributed by atoms with E-state index >= 15 is 0 Å². The molecule has 0 bridgehead atoms. The van der Waals surface area contributed by atoms with E-state index in [2.05, 4.69) is 5.32 Å². The lowest BCUT2D eigenvalue weighted by atomic mass is 10.1. The number of hydrogen-bond donors (Lipinski definition) is 2. The quantitative estimate of drug-likeness (QED) is 0.636. The Balaban J connectivity index is 2.73. The van der Waals surface area contributed by atoms with Crippen molar-refractivity contribution in [3.8, 4) is 17.2 Å². The fraction of sp³-hybridized carbons (Fsp3) is 0.600. The Bertz CT molecular complexity index is 400. The van der Waals surface area contributed by atoms with E-state index in [1.54, 1.807) is 21.3 Å². The molecular formula is C15H25NO5. The van der Waals surface area contributed by atoms with Gasteiger partial charge in [0.05, 0.1) is 41.2 Å². The summed E-state index contributed by atoms with van der Waals surface area (Å²) in [5.74, 6) is 1.86. The predicted octanol–water partition coefficient (Wildman–Crippen LogP) is 1.37. The van der Waals surface area contributed by atoms with Crippen molar-refractivity contribution in [2.75, 3.05) is 47.7 Å². The van der Waals surface area contributed by atoms with Gasteiger partial charge in [0.1, 0.15) is 0 Å². The average molecular weight is 299 g/mol. The molecule has 0 aliphatic carbocycles. The molecule has 2 N–H and O–H groups in total. The molecule has 0 spiro atoms. The number of ether oxygens (including phenoxy) is 4. The summed E-state index contributed by atoms with van der Waals surface area (Å²) >= 11 is 0. The van der Waals surface area contributed by atoms with Crippen molar-refractivity contribution >= 4 is 0 Å². The van der Waals surface area contributed by atoms with Gasteiger partial charge in [-0.1, -0.05) is 0 Å². The lowest BCUT2D eigenvalue weighted by Crippen LogP contribution is -2.23. The van der Waals surface area contributed by atoms with E-state index in [9.17, 15) is 0 Å². The van der Waals surface area contributed by atoms with Gasteiger partial charge in [-0.3, -0.25) is 0 Å². The van der Waals surface area contributed by atoms with Crippen LogP contribution in [-0.2, 0) is 4.74 Å². The molecule has 0 amide bonds. The highest BCUT2D eigenvalue weighted by molar-refractivity contribution is 5.54. The van der Waals surface area contributed by atoms with Crippen molar-refractivity contribution in [1.29, 1.82) is 0 Å². The summed E-state index contributed by atoms with van der Waals surface area (Å²) in [6.45, 7) is 3.70. The molecule has 0 aliphatic rings. The fourth-order valence-corrected chi connectivity index (χ4v) is 1.98. The molecule has 0 saturated heterocycles. The summed E-state index contributed by atoms with van der Waals surface area (Å²) in [6, 6.07) is 3.96. The largest absolute Gasteiger partial charge is 0.493 e. The zero-order valence-corrected chi connectivity index (χ0v) is 13.1. The number of aliphatic hydroxyl groups is 1. The Kier molecular flexibility index (Phi) is 7.89. The van der Waals surface area contributed by atoms with Crippen LogP contribution >= 0.6 is 0 Å². The van der Waals surface area contributed by atoms with Gasteiger partial charge in [-0.25, -0.2) is 0 Å². The highest BCUT2D eigenvalue weighted by atomic mass is 16.5. The minimum Gasteiger partial charge on any atom is -0.493 e. The first kappa shape index (κ1) is 17.6. The molecule has 0 aliphatic heterocycles. The normalized spacial score (nSPS) is 12.0. The van der Waals surface area contributed by atoms with Crippen LogP contribution in [-0.4, -0.2) is 52.8 Å². The van der Waals surface area contributed by atoms with E-state index in [1.165, 1.54) is 0 Å². The lowest BCUT2D eigenvalue weighted by molar-refractivity contribution is 0.0928. The first-order valence-corrected chi connectivity index (χ1v) is 6.89. The zero-order valence-electron chi connectivity index (χ0n) is 13.1. The van der Waals surface area contributed by atoms with Gasteiger partial charge in [-0.05, 0) is 24.6 Å². The Hall–Kier alpha value is -1.50. The molecule has 1 rings (SSSR count). The number of aliphatic hydroxyl groups excluding tert-OH is 1. The summed E-state index contributed by atoms with van der Waals surface area (Å²) in [7, 11) is 4.78. The molecule has 120 valence electrons. The molecular weight excluding hydrogens is 274 g/mol. The van der Waals surface area contributed by atoms with Gasteiger partial charge in [0.25, 0.3) is 0 Å². The van der Waals surface area contributed by atoms with Gasteiger partial charge in [-0.2, -0.15) is 0 Å². The molecule has 1 atom stereocenters. The third kappa shape index (κ3) is 5.08. The van der Waals surface area contributed by atoms with Crippen LogP contribution in [0.2, 0.25) is 0 Å². The third-order valence-electron chi connectivity index (χ3n) is 3.12. The summed E-state index contributed by atoms with van der Waals surface area (Å²) in [5, 5.41) is 12.0. The first-order valence-electron chi connectivity index (χ1n) is 6.89. The lowest BCUT2D eigenvalue weighted by Gasteiger charge is -2.18. The molecule has 1 aromatic carbocycles. The van der Waals surface area contributed by atoms with Gasteiger partial charge in [0, 0.05) is 12.6 Å². The molecule has 6 heteroatoms. The standard InChI is InChI=1S/C15H25NO5/c1-11(16-5-7-21-8-6-17)12-9-13(18-2)15(20-4)14(10-12)19-3/h9-11,16-17H,5-8H2,1-4H3. The molecule has 0 radical (unpaired) electrons. The number of benzene rings is 1. The van der Waals surface area contributed by atoms with E-state index in [0.29, 0.717) is 37.0 Å². The van der Waals surface area contributed by atoms with E-state index in [4.69, 9.17) is 24.1 Å². The van der Waals surface area contributed by atoms with Crippen LogP contribution in [0.1, 0.15) is 18.5 Å². The van der Waals surface area contributed by atoms with Crippen LogP contribution in [0.25, 0.3) is 0 Å². The van der Waals surface area contributed by atoms with Gasteiger partial charge in [0.15, 0.2) is 11.5 Å². The van der Waals surface area contributed by atoms with Crippen LogP contribution in [0.5, 0.6) is 17.2 Å². The van der Waals surface area contributed by atoms with Gasteiger partial charge >= 0.3 is 0 Å². The smallest absolute Gasteiger partial charge is 0.203 e. The van der Waals surface area contributed by atoms with Crippen LogP contribution < -0.4 is 19.5 Å². The van der Waals surface area contributed by atoms with Crippen LogP contribution in [0.4, 0.5) is 0 Å². The predicted molar refractivity (Wildman–Crippen MR) is 80.4 cm³/mol. The average Bonchev–Trinajstić information content (AvgIpc) is 2.52. The molecule has 1 aromatic rings. The molecule has 1 unspecified atom stereocenters. The van der Waals surface area contributed by atoms with E-state index < -0.39 is 0 Å². The SMILES string of the molecule is COc1cc(C(C)NCCOCCO)cc(OC)c1OC. The molecule has 6 nitrogen and oxygen atoms in total. The van der Waals surface area contributed by atoms with Gasteiger partial charge < -0.3 is 29.4 Å². The van der Waals surface area contributed by atoms with Crippen LogP contribution in [0.15, 0.2) is 12.1 Å². The Labute approximate surface area is 126 Å². The highest BCUT2D eigenvalue weighted by Crippen LogP contribution is 2.39. The van der Waals surface area contributed by atoms with Crippen molar-refractivity contribution in [2.24, 2.45) is 0 Å². The maximum absolute atomic E-state index is 8.63. The second-order valence-corrected chi connectivity index (χ2v) is 4.47. The van der Waals surface area contributed by atoms with E-state index in [1.807, 2.05) is 19.1 Å². The second kappa shape index (κ2) is 9.44. The summed E-state index contributed by atoms with van der Waals surface area (Å²) in [6.07, 6.45) is 0. The molecule has 21 heavy (non-hydrogen) atoms. The summed E-state index contributed by atoms with van der Waals surface area (Å²) in [5.41, 5.74) is 1.03. The minimum absolute atomic E-state index is 0.0441. The topological polar surface area (TPSA) is 69.2 Å². The Morgan fingerprint density at radius 2 is 1.67 bits per heavy atom.